The second-order valence-electron chi connectivity index (χ2n) is 5.01. The molecule has 0 fully saturated rings. The average Bonchev–Trinajstić information content (AvgIpc) is 2.60. The van der Waals surface area contributed by atoms with Crippen molar-refractivity contribution in [2.24, 2.45) is 0 Å². The number of halogens is 1. The van der Waals surface area contributed by atoms with Gasteiger partial charge in [0.05, 0.1) is 10.6 Å². The number of nitrogens with one attached hydrogen (secondary N) is 1. The third kappa shape index (κ3) is 5.87. The van der Waals surface area contributed by atoms with Crippen LogP contribution in [0.1, 0.15) is 27.9 Å². The van der Waals surface area contributed by atoms with E-state index in [0.717, 1.165) is 5.56 Å². The number of carbonyl (C=O) groups excluding carboxylic acids is 1. The monoisotopic (exact) mass is 357 g/mol. The van der Waals surface area contributed by atoms with E-state index in [2.05, 4.69) is 17.2 Å². The van der Waals surface area contributed by atoms with E-state index in [1.165, 1.54) is 6.07 Å². The molecule has 2 rings (SSSR count). The standard InChI is InChI=1S/C19H16ClNO4/c20-16-11-6-10-15(17(16)18(22)23)9-4-5-12-21-19(24)25-13-14-7-2-1-3-8-14/h1-3,6-8,10-11H,5,12-13H2,(H,21,24)(H,22,23). The number of rotatable bonds is 5. The number of carbonyl (C=O) groups is 2. The molecule has 0 aliphatic heterocycles. The second-order valence-corrected chi connectivity index (χ2v) is 5.42. The summed E-state index contributed by atoms with van der Waals surface area (Å²) in [7, 11) is 0. The van der Waals surface area contributed by atoms with Crippen LogP contribution in [0.25, 0.3) is 0 Å². The molecular formula is C19H16ClNO4. The molecule has 1 amide bonds. The SMILES string of the molecule is O=C(NCCC#Cc1cccc(Cl)c1C(=O)O)OCc1ccccc1. The summed E-state index contributed by atoms with van der Waals surface area (Å²) < 4.78 is 5.07. The zero-order valence-corrected chi connectivity index (χ0v) is 14.0. The zero-order valence-electron chi connectivity index (χ0n) is 13.3. The van der Waals surface area contributed by atoms with E-state index in [1.807, 2.05) is 30.3 Å². The Bertz CT molecular complexity index is 809. The van der Waals surface area contributed by atoms with Gasteiger partial charge in [-0.1, -0.05) is 59.8 Å². The zero-order chi connectivity index (χ0) is 18.1. The first-order chi connectivity index (χ1) is 12.1. The van der Waals surface area contributed by atoms with E-state index in [0.29, 0.717) is 18.5 Å². The van der Waals surface area contributed by atoms with Gasteiger partial charge in [-0.2, -0.15) is 0 Å². The van der Waals surface area contributed by atoms with E-state index in [1.54, 1.807) is 12.1 Å². The smallest absolute Gasteiger partial charge is 0.407 e. The Morgan fingerprint density at radius 1 is 1.12 bits per heavy atom. The predicted octanol–water partition coefficient (Wildman–Crippen LogP) is 3.71. The first kappa shape index (κ1) is 18.4. The third-order valence-corrected chi connectivity index (χ3v) is 3.50. The summed E-state index contributed by atoms with van der Waals surface area (Å²) in [6, 6.07) is 14.1. The Labute approximate surface area is 150 Å². The molecular weight excluding hydrogens is 342 g/mol. The Morgan fingerprint density at radius 3 is 2.60 bits per heavy atom. The van der Waals surface area contributed by atoms with E-state index in [9.17, 15) is 9.59 Å². The highest BCUT2D eigenvalue weighted by Crippen LogP contribution is 2.19. The Morgan fingerprint density at radius 2 is 1.88 bits per heavy atom. The minimum atomic E-state index is -1.13. The van der Waals surface area contributed by atoms with Crippen molar-refractivity contribution in [1.82, 2.24) is 5.32 Å². The molecule has 5 nitrogen and oxygen atoms in total. The van der Waals surface area contributed by atoms with Crippen LogP contribution in [0.3, 0.4) is 0 Å². The number of carboxylic acids is 1. The summed E-state index contributed by atoms with van der Waals surface area (Å²) in [5.74, 6) is 4.44. The number of amides is 1. The fourth-order valence-electron chi connectivity index (χ4n) is 2.00. The number of hydrogen-bond donors (Lipinski definition) is 2. The summed E-state index contributed by atoms with van der Waals surface area (Å²) in [6.07, 6.45) is -0.175. The van der Waals surface area contributed by atoms with E-state index in [-0.39, 0.29) is 17.2 Å². The molecule has 0 atom stereocenters. The Hall–Kier alpha value is -2.97. The Kier molecular flexibility index (Phi) is 6.87. The van der Waals surface area contributed by atoms with Crippen molar-refractivity contribution in [3.05, 3.63) is 70.2 Å². The molecule has 0 aliphatic carbocycles. The quantitative estimate of drug-likeness (QED) is 0.632. The number of ether oxygens (including phenoxy) is 1. The van der Waals surface area contributed by atoms with Crippen LogP contribution in [0, 0.1) is 11.8 Å². The maximum absolute atomic E-state index is 11.6. The summed E-state index contributed by atoms with van der Waals surface area (Å²) in [5, 5.41) is 11.9. The highest BCUT2D eigenvalue weighted by atomic mass is 35.5. The minimum Gasteiger partial charge on any atom is -0.478 e. The molecule has 0 aromatic heterocycles. The number of benzene rings is 2. The molecule has 0 saturated carbocycles. The summed E-state index contributed by atoms with van der Waals surface area (Å²) in [5.41, 5.74) is 1.22. The number of alkyl carbamates (subject to hydrolysis) is 1. The van der Waals surface area contributed by atoms with Crippen molar-refractivity contribution in [1.29, 1.82) is 0 Å². The van der Waals surface area contributed by atoms with Gasteiger partial charge >= 0.3 is 12.1 Å². The summed E-state index contributed by atoms with van der Waals surface area (Å²) >= 11 is 5.87. The van der Waals surface area contributed by atoms with Gasteiger partial charge in [-0.05, 0) is 17.7 Å². The Balaban J connectivity index is 1.79. The third-order valence-electron chi connectivity index (χ3n) is 3.18. The number of carboxylic acid groups (broad SMARTS) is 1. The molecule has 0 saturated heterocycles. The molecule has 6 heteroatoms. The van der Waals surface area contributed by atoms with Crippen molar-refractivity contribution in [2.75, 3.05) is 6.54 Å². The van der Waals surface area contributed by atoms with Gasteiger partial charge < -0.3 is 15.2 Å². The normalized spacial score (nSPS) is 9.64. The minimum absolute atomic E-state index is 0.0214. The predicted molar refractivity (Wildman–Crippen MR) is 94.5 cm³/mol. The first-order valence-corrected chi connectivity index (χ1v) is 7.91. The molecule has 0 spiro atoms. The second kappa shape index (κ2) is 9.36. The lowest BCUT2D eigenvalue weighted by atomic mass is 10.1. The molecule has 0 unspecified atom stereocenters. The molecule has 25 heavy (non-hydrogen) atoms. The highest BCUT2D eigenvalue weighted by Gasteiger charge is 2.12. The van der Waals surface area contributed by atoms with E-state index >= 15 is 0 Å². The van der Waals surface area contributed by atoms with Gasteiger partial charge in [-0.15, -0.1) is 0 Å². The van der Waals surface area contributed by atoms with Gasteiger partial charge in [0.15, 0.2) is 0 Å². The number of hydrogen-bond acceptors (Lipinski definition) is 3. The van der Waals surface area contributed by atoms with E-state index in [4.69, 9.17) is 21.4 Å². The van der Waals surface area contributed by atoms with Crippen molar-refractivity contribution >= 4 is 23.7 Å². The van der Waals surface area contributed by atoms with Crippen molar-refractivity contribution in [3.63, 3.8) is 0 Å². The van der Waals surface area contributed by atoms with Crippen molar-refractivity contribution in [3.8, 4) is 11.8 Å². The summed E-state index contributed by atoms with van der Waals surface area (Å²) in [6.45, 7) is 0.492. The van der Waals surface area contributed by atoms with Crippen LogP contribution in [0.4, 0.5) is 4.79 Å². The van der Waals surface area contributed by atoms with Crippen LogP contribution in [-0.2, 0) is 11.3 Å². The van der Waals surface area contributed by atoms with Crippen molar-refractivity contribution in [2.45, 2.75) is 13.0 Å². The molecule has 128 valence electrons. The molecule has 2 aromatic rings. The molecule has 0 aliphatic rings. The molecule has 0 radical (unpaired) electrons. The lowest BCUT2D eigenvalue weighted by Crippen LogP contribution is -2.24. The van der Waals surface area contributed by atoms with Gasteiger partial charge in [0, 0.05) is 18.5 Å². The van der Waals surface area contributed by atoms with Crippen LogP contribution in [-0.4, -0.2) is 23.7 Å². The molecule has 2 N–H and O–H groups in total. The van der Waals surface area contributed by atoms with Crippen molar-refractivity contribution < 1.29 is 19.4 Å². The van der Waals surface area contributed by atoms with Crippen LogP contribution >= 0.6 is 11.6 Å². The maximum Gasteiger partial charge on any atom is 0.407 e. The van der Waals surface area contributed by atoms with Crippen LogP contribution in [0.5, 0.6) is 0 Å². The number of aromatic carboxylic acids is 1. The van der Waals surface area contributed by atoms with Crippen LogP contribution < -0.4 is 5.32 Å². The highest BCUT2D eigenvalue weighted by molar-refractivity contribution is 6.33. The van der Waals surface area contributed by atoms with Gasteiger partial charge in [0.2, 0.25) is 0 Å². The largest absolute Gasteiger partial charge is 0.478 e. The lowest BCUT2D eigenvalue weighted by Gasteiger charge is -2.05. The first-order valence-electron chi connectivity index (χ1n) is 7.53. The summed E-state index contributed by atoms with van der Waals surface area (Å²) in [4.78, 5) is 22.7. The lowest BCUT2D eigenvalue weighted by molar-refractivity contribution is 0.0696. The van der Waals surface area contributed by atoms with Gasteiger partial charge in [0.25, 0.3) is 0 Å². The topological polar surface area (TPSA) is 75.6 Å². The van der Waals surface area contributed by atoms with Gasteiger partial charge in [-0.3, -0.25) is 0 Å². The van der Waals surface area contributed by atoms with Gasteiger partial charge in [-0.25, -0.2) is 9.59 Å². The molecule has 0 bridgehead atoms. The fraction of sp³-hybridized carbons (Fsp3) is 0.158. The average molecular weight is 358 g/mol. The van der Waals surface area contributed by atoms with Crippen LogP contribution in [0.2, 0.25) is 5.02 Å². The van der Waals surface area contributed by atoms with Gasteiger partial charge in [0.1, 0.15) is 6.61 Å². The van der Waals surface area contributed by atoms with E-state index < -0.39 is 12.1 Å². The fourth-order valence-corrected chi connectivity index (χ4v) is 2.26. The molecule has 0 heterocycles. The molecule has 2 aromatic carbocycles. The maximum atomic E-state index is 11.6. The van der Waals surface area contributed by atoms with Crippen LogP contribution in [0.15, 0.2) is 48.5 Å².